The lowest BCUT2D eigenvalue weighted by molar-refractivity contribution is 0.412. The van der Waals surface area contributed by atoms with E-state index in [-0.39, 0.29) is 0 Å². The molecule has 0 saturated heterocycles. The average Bonchev–Trinajstić information content (AvgIpc) is 2.60. The van der Waals surface area contributed by atoms with Crippen molar-refractivity contribution < 1.29 is 4.74 Å². The molecule has 1 aromatic carbocycles. The highest BCUT2D eigenvalue weighted by atomic mass is 79.9. The Morgan fingerprint density at radius 2 is 2.19 bits per heavy atom. The third-order valence-electron chi connectivity index (χ3n) is 2.49. The lowest BCUT2D eigenvalue weighted by atomic mass is 10.1. The first-order chi connectivity index (χ1) is 7.63. The lowest BCUT2D eigenvalue weighted by Crippen LogP contribution is -1.88. The van der Waals surface area contributed by atoms with Crippen molar-refractivity contribution in [3.05, 3.63) is 28.2 Å². The van der Waals surface area contributed by atoms with E-state index in [2.05, 4.69) is 26.1 Å². The number of benzene rings is 1. The van der Waals surface area contributed by atoms with Crippen LogP contribution in [0.5, 0.6) is 5.75 Å². The molecule has 84 valence electrons. The second kappa shape index (κ2) is 4.17. The summed E-state index contributed by atoms with van der Waals surface area (Å²) in [7, 11) is 1.64. The van der Waals surface area contributed by atoms with E-state index >= 15 is 0 Å². The van der Waals surface area contributed by atoms with Gasteiger partial charge in [-0.15, -0.1) is 0 Å². The molecule has 3 N–H and O–H groups in total. The molecule has 0 spiro atoms. The first-order valence-electron chi connectivity index (χ1n) is 4.78. The van der Waals surface area contributed by atoms with E-state index in [1.807, 2.05) is 25.1 Å². The number of H-pyrrole nitrogens is 1. The number of nitrogen functional groups attached to an aromatic ring is 1. The highest BCUT2D eigenvalue weighted by Gasteiger charge is 2.10. The standard InChI is InChI=1S/C11H12BrN3O/c1-6-10(14-15-11(6)13)7-3-4-9(16-2)8(12)5-7/h3-5H,1-2H3,(H3,13,14,15). The summed E-state index contributed by atoms with van der Waals surface area (Å²) in [5.41, 5.74) is 8.60. The van der Waals surface area contributed by atoms with Gasteiger partial charge in [-0.05, 0) is 41.1 Å². The molecule has 4 nitrogen and oxygen atoms in total. The molecule has 0 bridgehead atoms. The van der Waals surface area contributed by atoms with Crippen molar-refractivity contribution in [3.63, 3.8) is 0 Å². The molecule has 0 aliphatic heterocycles. The number of anilines is 1. The van der Waals surface area contributed by atoms with Crippen LogP contribution in [0.4, 0.5) is 5.82 Å². The average molecular weight is 282 g/mol. The summed E-state index contributed by atoms with van der Waals surface area (Å²) in [6.07, 6.45) is 0. The van der Waals surface area contributed by atoms with Gasteiger partial charge in [-0.3, -0.25) is 5.10 Å². The van der Waals surface area contributed by atoms with Gasteiger partial charge >= 0.3 is 0 Å². The fourth-order valence-electron chi connectivity index (χ4n) is 1.51. The fourth-order valence-corrected chi connectivity index (χ4v) is 2.06. The molecule has 1 aromatic heterocycles. The van der Waals surface area contributed by atoms with E-state index in [0.717, 1.165) is 27.0 Å². The van der Waals surface area contributed by atoms with Gasteiger partial charge in [0.05, 0.1) is 17.3 Å². The third-order valence-corrected chi connectivity index (χ3v) is 3.11. The number of nitrogens with one attached hydrogen (secondary N) is 1. The predicted molar refractivity (Wildman–Crippen MR) is 67.4 cm³/mol. The van der Waals surface area contributed by atoms with Gasteiger partial charge in [-0.25, -0.2) is 0 Å². The maximum Gasteiger partial charge on any atom is 0.148 e. The van der Waals surface area contributed by atoms with Gasteiger partial charge in [0, 0.05) is 11.1 Å². The van der Waals surface area contributed by atoms with Crippen LogP contribution in [0.1, 0.15) is 5.56 Å². The summed E-state index contributed by atoms with van der Waals surface area (Å²) in [6.45, 7) is 1.94. The molecule has 0 saturated carbocycles. The van der Waals surface area contributed by atoms with E-state index < -0.39 is 0 Å². The molecule has 0 atom stereocenters. The molecule has 0 unspecified atom stereocenters. The number of hydrogen-bond acceptors (Lipinski definition) is 3. The summed E-state index contributed by atoms with van der Waals surface area (Å²) in [5, 5.41) is 6.89. The Morgan fingerprint density at radius 3 is 2.69 bits per heavy atom. The van der Waals surface area contributed by atoms with E-state index in [1.54, 1.807) is 7.11 Å². The molecule has 0 fully saturated rings. The van der Waals surface area contributed by atoms with Crippen LogP contribution in [0.3, 0.4) is 0 Å². The number of halogens is 1. The van der Waals surface area contributed by atoms with Crippen molar-refractivity contribution in [2.75, 3.05) is 12.8 Å². The van der Waals surface area contributed by atoms with Gasteiger partial charge in [-0.2, -0.15) is 5.10 Å². The quantitative estimate of drug-likeness (QED) is 0.890. The smallest absolute Gasteiger partial charge is 0.148 e. The topological polar surface area (TPSA) is 63.9 Å². The van der Waals surface area contributed by atoms with Gasteiger partial charge in [0.2, 0.25) is 0 Å². The number of ether oxygens (including phenoxy) is 1. The van der Waals surface area contributed by atoms with Crippen LogP contribution < -0.4 is 10.5 Å². The Hall–Kier alpha value is -1.49. The molecule has 1 heterocycles. The number of hydrogen-bond donors (Lipinski definition) is 2. The molecule has 5 heteroatoms. The maximum absolute atomic E-state index is 5.69. The first-order valence-corrected chi connectivity index (χ1v) is 5.57. The van der Waals surface area contributed by atoms with Crippen LogP contribution in [-0.4, -0.2) is 17.3 Å². The van der Waals surface area contributed by atoms with Crippen molar-refractivity contribution in [1.82, 2.24) is 10.2 Å². The zero-order chi connectivity index (χ0) is 11.7. The monoisotopic (exact) mass is 281 g/mol. The number of aromatic amines is 1. The Kier molecular flexibility index (Phi) is 2.87. The Bertz CT molecular complexity index is 522. The number of nitrogens with two attached hydrogens (primary N) is 1. The molecule has 2 rings (SSSR count). The molecular weight excluding hydrogens is 270 g/mol. The fraction of sp³-hybridized carbons (Fsp3) is 0.182. The lowest BCUT2D eigenvalue weighted by Gasteiger charge is -2.05. The second-order valence-electron chi connectivity index (χ2n) is 3.46. The van der Waals surface area contributed by atoms with Crippen LogP contribution in [0.2, 0.25) is 0 Å². The molecule has 16 heavy (non-hydrogen) atoms. The maximum atomic E-state index is 5.69. The SMILES string of the molecule is COc1ccc(-c2[nH]nc(N)c2C)cc1Br. The largest absolute Gasteiger partial charge is 0.496 e. The molecule has 2 aromatic rings. The van der Waals surface area contributed by atoms with Crippen LogP contribution in [0.25, 0.3) is 11.3 Å². The summed E-state index contributed by atoms with van der Waals surface area (Å²) >= 11 is 3.45. The number of methoxy groups -OCH3 is 1. The zero-order valence-corrected chi connectivity index (χ0v) is 10.6. The Labute approximate surface area is 102 Å². The Morgan fingerprint density at radius 1 is 1.44 bits per heavy atom. The van der Waals surface area contributed by atoms with Gasteiger partial charge in [0.25, 0.3) is 0 Å². The number of aromatic nitrogens is 2. The van der Waals surface area contributed by atoms with Gasteiger partial charge in [-0.1, -0.05) is 0 Å². The van der Waals surface area contributed by atoms with E-state index in [4.69, 9.17) is 10.5 Å². The van der Waals surface area contributed by atoms with Crippen LogP contribution in [-0.2, 0) is 0 Å². The number of nitrogens with zero attached hydrogens (tertiary/aromatic N) is 1. The van der Waals surface area contributed by atoms with Gasteiger partial charge < -0.3 is 10.5 Å². The molecule has 0 aliphatic rings. The normalized spacial score (nSPS) is 10.4. The third kappa shape index (κ3) is 1.78. The van der Waals surface area contributed by atoms with E-state index in [9.17, 15) is 0 Å². The van der Waals surface area contributed by atoms with Crippen molar-refractivity contribution in [2.45, 2.75) is 6.92 Å². The Balaban J connectivity index is 2.49. The first kappa shape index (κ1) is 11.0. The summed E-state index contributed by atoms with van der Waals surface area (Å²) in [4.78, 5) is 0. The van der Waals surface area contributed by atoms with Crippen molar-refractivity contribution in [3.8, 4) is 17.0 Å². The number of rotatable bonds is 2. The summed E-state index contributed by atoms with van der Waals surface area (Å²) in [6, 6.07) is 5.83. The highest BCUT2D eigenvalue weighted by molar-refractivity contribution is 9.10. The molecule has 0 radical (unpaired) electrons. The molecular formula is C11H12BrN3O. The minimum atomic E-state index is 0.530. The summed E-state index contributed by atoms with van der Waals surface area (Å²) in [5.74, 6) is 1.33. The highest BCUT2D eigenvalue weighted by Crippen LogP contribution is 2.31. The summed E-state index contributed by atoms with van der Waals surface area (Å²) < 4.78 is 6.08. The molecule has 0 aliphatic carbocycles. The van der Waals surface area contributed by atoms with Crippen molar-refractivity contribution in [1.29, 1.82) is 0 Å². The predicted octanol–water partition coefficient (Wildman–Crippen LogP) is 2.74. The van der Waals surface area contributed by atoms with Gasteiger partial charge in [0.1, 0.15) is 11.6 Å². The van der Waals surface area contributed by atoms with E-state index in [1.165, 1.54) is 0 Å². The van der Waals surface area contributed by atoms with E-state index in [0.29, 0.717) is 5.82 Å². The zero-order valence-electron chi connectivity index (χ0n) is 9.04. The van der Waals surface area contributed by atoms with Gasteiger partial charge in [0.15, 0.2) is 0 Å². The van der Waals surface area contributed by atoms with Crippen molar-refractivity contribution in [2.24, 2.45) is 0 Å². The van der Waals surface area contributed by atoms with Crippen LogP contribution >= 0.6 is 15.9 Å². The second-order valence-corrected chi connectivity index (χ2v) is 4.31. The molecule has 0 amide bonds. The van der Waals surface area contributed by atoms with Crippen LogP contribution in [0, 0.1) is 6.92 Å². The van der Waals surface area contributed by atoms with Crippen LogP contribution in [0.15, 0.2) is 22.7 Å². The minimum absolute atomic E-state index is 0.530. The van der Waals surface area contributed by atoms with Crippen molar-refractivity contribution >= 4 is 21.7 Å². The minimum Gasteiger partial charge on any atom is -0.496 e.